The maximum absolute atomic E-state index is 13.2. The molecule has 0 radical (unpaired) electrons. The first-order chi connectivity index (χ1) is 14.3. The molecule has 0 bridgehead atoms. The molecule has 4 rings (SSSR count). The summed E-state index contributed by atoms with van der Waals surface area (Å²) in [7, 11) is 2.46. The molecule has 8 nitrogen and oxygen atoms in total. The van der Waals surface area contributed by atoms with Crippen LogP contribution in [0, 0.1) is 6.92 Å². The van der Waals surface area contributed by atoms with Crippen molar-refractivity contribution in [1.29, 1.82) is 0 Å². The summed E-state index contributed by atoms with van der Waals surface area (Å²) in [5.74, 6) is 1.55. The van der Waals surface area contributed by atoms with E-state index in [0.717, 1.165) is 54.8 Å². The molecule has 3 heterocycles. The fourth-order valence-corrected chi connectivity index (χ4v) is 5.35. The number of sulfonamides is 1. The minimum Gasteiger partial charge on any atom is -0.362 e. The van der Waals surface area contributed by atoms with E-state index in [9.17, 15) is 8.42 Å². The van der Waals surface area contributed by atoms with Crippen molar-refractivity contribution in [3.05, 3.63) is 41.1 Å². The SMILES string of the molecule is Cc1ccc(S(=O)(=O)N2CCc3nc(N4CCN(C)CC4)nc(N(C)C)c3C2)cc1. The molecule has 0 aliphatic carbocycles. The summed E-state index contributed by atoms with van der Waals surface area (Å²) < 4.78 is 27.9. The Labute approximate surface area is 179 Å². The highest BCUT2D eigenvalue weighted by atomic mass is 32.2. The lowest BCUT2D eigenvalue weighted by atomic mass is 10.1. The summed E-state index contributed by atoms with van der Waals surface area (Å²) in [6.07, 6.45) is 0.588. The lowest BCUT2D eigenvalue weighted by Gasteiger charge is -2.35. The van der Waals surface area contributed by atoms with Crippen molar-refractivity contribution < 1.29 is 8.42 Å². The highest BCUT2D eigenvalue weighted by molar-refractivity contribution is 7.89. The molecule has 0 saturated carbocycles. The van der Waals surface area contributed by atoms with E-state index < -0.39 is 10.0 Å². The maximum atomic E-state index is 13.2. The average Bonchev–Trinajstić information content (AvgIpc) is 2.73. The Morgan fingerprint density at radius 2 is 1.63 bits per heavy atom. The zero-order valence-corrected chi connectivity index (χ0v) is 19.0. The molecule has 2 aliphatic heterocycles. The van der Waals surface area contributed by atoms with E-state index in [-0.39, 0.29) is 0 Å². The van der Waals surface area contributed by atoms with Crippen LogP contribution in [0.5, 0.6) is 0 Å². The normalized spacial score (nSPS) is 18.3. The maximum Gasteiger partial charge on any atom is 0.243 e. The molecule has 0 spiro atoms. The minimum absolute atomic E-state index is 0.294. The second-order valence-electron chi connectivity index (χ2n) is 8.36. The molecule has 0 unspecified atom stereocenters. The zero-order chi connectivity index (χ0) is 21.5. The molecule has 2 aromatic rings. The third kappa shape index (κ3) is 4.01. The van der Waals surface area contributed by atoms with Crippen LogP contribution in [0.2, 0.25) is 0 Å². The van der Waals surface area contributed by atoms with Gasteiger partial charge in [-0.2, -0.15) is 9.29 Å². The van der Waals surface area contributed by atoms with Gasteiger partial charge < -0.3 is 14.7 Å². The number of nitrogens with zero attached hydrogens (tertiary/aromatic N) is 6. The van der Waals surface area contributed by atoms with Crippen LogP contribution in [-0.2, 0) is 23.0 Å². The molecule has 9 heteroatoms. The molecule has 0 atom stereocenters. The summed E-state index contributed by atoms with van der Waals surface area (Å²) in [5, 5.41) is 0. The van der Waals surface area contributed by atoms with Gasteiger partial charge in [0.1, 0.15) is 5.82 Å². The lowest BCUT2D eigenvalue weighted by molar-refractivity contribution is 0.310. The molecule has 30 heavy (non-hydrogen) atoms. The van der Waals surface area contributed by atoms with Crippen LogP contribution in [0.1, 0.15) is 16.8 Å². The van der Waals surface area contributed by atoms with Crippen LogP contribution < -0.4 is 9.80 Å². The third-order valence-electron chi connectivity index (χ3n) is 5.86. The molecule has 162 valence electrons. The minimum atomic E-state index is -3.56. The van der Waals surface area contributed by atoms with Crippen LogP contribution in [0.4, 0.5) is 11.8 Å². The highest BCUT2D eigenvalue weighted by Gasteiger charge is 2.32. The Morgan fingerprint density at radius 1 is 0.967 bits per heavy atom. The van der Waals surface area contributed by atoms with Crippen molar-refractivity contribution in [1.82, 2.24) is 19.2 Å². The zero-order valence-electron chi connectivity index (χ0n) is 18.2. The topological polar surface area (TPSA) is 72.9 Å². The fourth-order valence-electron chi connectivity index (χ4n) is 3.94. The fraction of sp³-hybridized carbons (Fsp3) is 0.524. The number of hydrogen-bond acceptors (Lipinski definition) is 7. The van der Waals surface area contributed by atoms with Crippen molar-refractivity contribution in [2.75, 3.05) is 63.7 Å². The molecule has 1 aromatic carbocycles. The summed E-state index contributed by atoms with van der Waals surface area (Å²) in [6.45, 7) is 6.44. The Balaban J connectivity index is 1.65. The van der Waals surface area contributed by atoms with E-state index in [1.54, 1.807) is 16.4 Å². The van der Waals surface area contributed by atoms with E-state index in [2.05, 4.69) is 16.8 Å². The monoisotopic (exact) mass is 430 g/mol. The van der Waals surface area contributed by atoms with E-state index in [1.807, 2.05) is 38.1 Å². The van der Waals surface area contributed by atoms with Gasteiger partial charge in [-0.05, 0) is 26.1 Å². The number of aryl methyl sites for hydroxylation is 1. The molecule has 0 amide bonds. The largest absolute Gasteiger partial charge is 0.362 e. The summed E-state index contributed by atoms with van der Waals surface area (Å²) in [5.41, 5.74) is 2.90. The number of fused-ring (bicyclic) bond motifs is 1. The number of hydrogen-bond donors (Lipinski definition) is 0. The third-order valence-corrected chi connectivity index (χ3v) is 7.72. The van der Waals surface area contributed by atoms with Gasteiger partial charge in [-0.1, -0.05) is 17.7 Å². The second-order valence-corrected chi connectivity index (χ2v) is 10.3. The molecule has 1 aromatic heterocycles. The molecule has 0 N–H and O–H groups in total. The first-order valence-corrected chi connectivity index (χ1v) is 11.8. The van der Waals surface area contributed by atoms with Gasteiger partial charge in [0.15, 0.2) is 0 Å². The molecular weight excluding hydrogens is 400 g/mol. The molecule has 1 saturated heterocycles. The van der Waals surface area contributed by atoms with Crippen molar-refractivity contribution in [3.63, 3.8) is 0 Å². The van der Waals surface area contributed by atoms with E-state index >= 15 is 0 Å². The molecule has 1 fully saturated rings. The van der Waals surface area contributed by atoms with Gasteiger partial charge in [0.2, 0.25) is 16.0 Å². The number of piperazine rings is 1. The van der Waals surface area contributed by atoms with Gasteiger partial charge in [0, 0.05) is 65.3 Å². The Morgan fingerprint density at radius 3 is 2.27 bits per heavy atom. The summed E-state index contributed by atoms with van der Waals surface area (Å²) >= 11 is 0. The predicted octanol–water partition coefficient (Wildman–Crippen LogP) is 1.35. The van der Waals surface area contributed by atoms with E-state index in [4.69, 9.17) is 9.97 Å². The Hall–Kier alpha value is -2.23. The number of rotatable bonds is 4. The highest BCUT2D eigenvalue weighted by Crippen LogP contribution is 2.31. The Bertz CT molecular complexity index is 1010. The lowest BCUT2D eigenvalue weighted by Crippen LogP contribution is -2.45. The molecule has 2 aliphatic rings. The van der Waals surface area contributed by atoms with Gasteiger partial charge in [0.25, 0.3) is 0 Å². The van der Waals surface area contributed by atoms with Gasteiger partial charge >= 0.3 is 0 Å². The van der Waals surface area contributed by atoms with Crippen LogP contribution in [-0.4, -0.2) is 81.5 Å². The van der Waals surface area contributed by atoms with Crippen LogP contribution >= 0.6 is 0 Å². The predicted molar refractivity (Wildman–Crippen MR) is 119 cm³/mol. The average molecular weight is 431 g/mol. The first kappa shape index (κ1) is 21.0. The van der Waals surface area contributed by atoms with Crippen molar-refractivity contribution in [3.8, 4) is 0 Å². The van der Waals surface area contributed by atoms with Gasteiger partial charge in [0.05, 0.1) is 10.6 Å². The van der Waals surface area contributed by atoms with E-state index in [1.165, 1.54) is 0 Å². The van der Waals surface area contributed by atoms with Crippen LogP contribution in [0.15, 0.2) is 29.2 Å². The van der Waals surface area contributed by atoms with Crippen molar-refractivity contribution in [2.24, 2.45) is 0 Å². The van der Waals surface area contributed by atoms with Crippen molar-refractivity contribution in [2.45, 2.75) is 24.8 Å². The van der Waals surface area contributed by atoms with Crippen LogP contribution in [0.3, 0.4) is 0 Å². The summed E-state index contributed by atoms with van der Waals surface area (Å²) in [6, 6.07) is 7.03. The number of benzene rings is 1. The van der Waals surface area contributed by atoms with E-state index in [0.29, 0.717) is 24.4 Å². The smallest absolute Gasteiger partial charge is 0.243 e. The van der Waals surface area contributed by atoms with Gasteiger partial charge in [-0.15, -0.1) is 0 Å². The standard InChI is InChI=1S/C21H30N6O2S/c1-16-5-7-17(8-6-16)30(28,29)27-10-9-19-18(15-27)20(24(2)3)23-21(22-19)26-13-11-25(4)12-14-26/h5-8H,9-15H2,1-4H3. The van der Waals surface area contributed by atoms with Gasteiger partial charge in [-0.25, -0.2) is 13.4 Å². The first-order valence-electron chi connectivity index (χ1n) is 10.3. The van der Waals surface area contributed by atoms with Crippen LogP contribution in [0.25, 0.3) is 0 Å². The quantitative estimate of drug-likeness (QED) is 0.725. The number of likely N-dealkylation sites (N-methyl/N-ethyl adjacent to an activating group) is 1. The summed E-state index contributed by atoms with van der Waals surface area (Å²) in [4.78, 5) is 16.5. The second kappa shape index (κ2) is 8.13. The molecular formula is C21H30N6O2S. The van der Waals surface area contributed by atoms with Crippen molar-refractivity contribution >= 4 is 21.8 Å². The number of aromatic nitrogens is 2. The number of anilines is 2. The van der Waals surface area contributed by atoms with Gasteiger partial charge in [-0.3, -0.25) is 0 Å². The Kier molecular flexibility index (Phi) is 5.69.